The number of methoxy groups -OCH3 is 2. The molecule has 10 nitrogen and oxygen atoms in total. The van der Waals surface area contributed by atoms with Crippen LogP contribution >= 0.6 is 53.1 Å². The molecule has 6 unspecified atom stereocenters. The van der Waals surface area contributed by atoms with Crippen LogP contribution in [0.3, 0.4) is 0 Å². The van der Waals surface area contributed by atoms with Gasteiger partial charge in [0.05, 0.1) is 14.2 Å². The molecule has 1 aromatic heterocycles. The number of amides is 1. The Morgan fingerprint density at radius 3 is 2.45 bits per heavy atom. The second-order valence-corrected chi connectivity index (χ2v) is 26.3. The van der Waals surface area contributed by atoms with Crippen LogP contribution in [0.4, 0.5) is 5.82 Å². The fraction of sp³-hybridized carbons (Fsp3) is 0.320. The van der Waals surface area contributed by atoms with Crippen LogP contribution in [0.15, 0.2) is 58.9 Å². The summed E-state index contributed by atoms with van der Waals surface area (Å²) in [5, 5.41) is 7.32. The molecule has 0 saturated carbocycles. The quantitative estimate of drug-likeness (QED) is 0.281. The number of aromatic nitrogens is 1. The van der Waals surface area contributed by atoms with E-state index in [0.717, 1.165) is 17.8 Å². The van der Waals surface area contributed by atoms with E-state index in [1.165, 1.54) is 18.4 Å². The number of thiazole rings is 1. The van der Waals surface area contributed by atoms with Crippen molar-refractivity contribution >= 4 is 80.8 Å². The Labute approximate surface area is 261 Å². The van der Waals surface area contributed by atoms with Crippen molar-refractivity contribution < 1.29 is 22.7 Å². The lowest BCUT2D eigenvalue weighted by atomic mass is 10.0. The first kappa shape index (κ1) is 35.0. The van der Waals surface area contributed by atoms with Gasteiger partial charge in [0, 0.05) is 36.2 Å². The van der Waals surface area contributed by atoms with Gasteiger partial charge in [0.15, 0.2) is 0 Å². The molecule has 0 aliphatic carbocycles. The Balaban J connectivity index is 0.000000892. The highest BCUT2D eigenvalue weighted by atomic mass is 32.8. The summed E-state index contributed by atoms with van der Waals surface area (Å²) >= 11 is 1.30. The Kier molecular flexibility index (Phi) is 12.9. The number of sulfonamides is 1. The highest BCUT2D eigenvalue weighted by Gasteiger charge is 2.50. The first-order valence-corrected chi connectivity index (χ1v) is 23.1. The van der Waals surface area contributed by atoms with Crippen LogP contribution in [-0.2, 0) is 22.1 Å². The maximum absolute atomic E-state index is 13.3. The molecule has 0 saturated heterocycles. The Morgan fingerprint density at radius 1 is 1.19 bits per heavy atom. The summed E-state index contributed by atoms with van der Waals surface area (Å²) in [4.78, 5) is 22.1. The number of nitrogens with zero attached hydrogens (tertiary/aromatic N) is 3. The number of carbonyl (C=O) groups excluding carboxylic acids is 1. The molecule has 228 valence electrons. The lowest BCUT2D eigenvalue weighted by Crippen LogP contribution is -2.57. The largest absolute Gasteiger partial charge is 0.497 e. The molecule has 0 fully saturated rings. The minimum absolute atomic E-state index is 0.0536. The van der Waals surface area contributed by atoms with E-state index < -0.39 is 26.7 Å². The molecule has 1 aliphatic heterocycles. The van der Waals surface area contributed by atoms with Crippen LogP contribution in [-0.4, -0.2) is 56.1 Å². The molecule has 4 rings (SSSR count). The zero-order valence-corrected chi connectivity index (χ0v) is 30.9. The van der Waals surface area contributed by atoms with E-state index in [0.29, 0.717) is 34.4 Å². The lowest BCUT2D eigenvalue weighted by Gasteiger charge is -2.39. The van der Waals surface area contributed by atoms with Crippen LogP contribution in [0.1, 0.15) is 34.8 Å². The third-order valence-electron chi connectivity index (χ3n) is 6.56. The van der Waals surface area contributed by atoms with Crippen molar-refractivity contribution in [3.05, 3.63) is 70.0 Å². The van der Waals surface area contributed by atoms with Gasteiger partial charge in [0.25, 0.3) is 5.91 Å². The van der Waals surface area contributed by atoms with Gasteiger partial charge in [0.2, 0.25) is 16.0 Å². The first-order valence-electron chi connectivity index (χ1n) is 12.5. The van der Waals surface area contributed by atoms with Gasteiger partial charge in [-0.05, 0) is 45.1 Å². The van der Waals surface area contributed by atoms with Gasteiger partial charge in [-0.25, -0.2) is 22.7 Å². The second kappa shape index (κ2) is 15.5. The van der Waals surface area contributed by atoms with Gasteiger partial charge in [-0.15, -0.1) is 38.1 Å². The topological polar surface area (TPSA) is 122 Å². The number of hydrogen-bond donors (Lipinski definition) is 2. The van der Waals surface area contributed by atoms with Crippen molar-refractivity contribution in [2.45, 2.75) is 31.2 Å². The zero-order valence-electron chi connectivity index (χ0n) is 23.9. The van der Waals surface area contributed by atoms with Gasteiger partial charge in [-0.1, -0.05) is 26.2 Å². The molecule has 6 atom stereocenters. The third-order valence-corrected chi connectivity index (χ3v) is 21.8. The highest BCUT2D eigenvalue weighted by molar-refractivity contribution is 8.77. The average molecular weight is 706 g/mol. The molecule has 0 bridgehead atoms. The van der Waals surface area contributed by atoms with E-state index in [-0.39, 0.29) is 12.9 Å². The first-order chi connectivity index (χ1) is 19.9. The molecule has 0 radical (unpaired) electrons. The predicted molar refractivity (Wildman–Crippen MR) is 188 cm³/mol. The maximum atomic E-state index is 13.3. The van der Waals surface area contributed by atoms with Crippen molar-refractivity contribution in [1.29, 1.82) is 0 Å². The molecular formula is C25H36N5O5P5S2. The summed E-state index contributed by atoms with van der Waals surface area (Å²) in [7, 11) is 9.97. The standard InChI is InChI=1S/C25H29N5O5S2.H7P5/c1-16-25(2,29-24(30(3)37(16,32)33)28-22(31)17-9-7-6-8-10-17)23-27-21(15-36-23)26-14-18-11-12-19(34-4)13-20(18)35-5;1-4-5(2)3/h6-13,15-16,26H,14H2,1-5H3,(H,28,29,31);4H,1-3H2. The van der Waals surface area contributed by atoms with Crippen LogP contribution in [0.5, 0.6) is 11.5 Å². The molecule has 1 amide bonds. The fourth-order valence-corrected chi connectivity index (χ4v) is 6.48. The lowest BCUT2D eigenvalue weighted by molar-refractivity contribution is 0.0974. The minimum atomic E-state index is -3.83. The van der Waals surface area contributed by atoms with E-state index in [2.05, 4.69) is 42.4 Å². The Morgan fingerprint density at radius 2 is 1.86 bits per heavy atom. The van der Waals surface area contributed by atoms with Crippen LogP contribution in [0.2, 0.25) is 0 Å². The summed E-state index contributed by atoms with van der Waals surface area (Å²) in [6.45, 7) is 3.97. The van der Waals surface area contributed by atoms with Crippen molar-refractivity contribution in [2.75, 3.05) is 26.6 Å². The van der Waals surface area contributed by atoms with Crippen LogP contribution in [0.25, 0.3) is 0 Å². The van der Waals surface area contributed by atoms with Crippen molar-refractivity contribution in [3.63, 3.8) is 0 Å². The van der Waals surface area contributed by atoms with Gasteiger partial charge < -0.3 is 14.8 Å². The summed E-state index contributed by atoms with van der Waals surface area (Å²) in [5.74, 6) is 1.44. The number of benzene rings is 2. The number of guanidine groups is 1. The molecule has 2 heterocycles. The second-order valence-electron chi connectivity index (χ2n) is 9.16. The highest BCUT2D eigenvalue weighted by Crippen LogP contribution is 2.71. The zero-order chi connectivity index (χ0) is 31.1. The van der Waals surface area contributed by atoms with E-state index in [1.807, 2.05) is 17.5 Å². The summed E-state index contributed by atoms with van der Waals surface area (Å²) in [6, 6.07) is 14.1. The van der Waals surface area contributed by atoms with E-state index >= 15 is 0 Å². The van der Waals surface area contributed by atoms with Gasteiger partial charge in [-0.3, -0.25) is 10.1 Å². The van der Waals surface area contributed by atoms with Gasteiger partial charge in [-0.2, -0.15) is 0 Å². The number of nitrogens with one attached hydrogen (secondary N) is 2. The molecule has 17 heteroatoms. The fourth-order valence-electron chi connectivity index (χ4n) is 3.89. The molecule has 2 N–H and O–H groups in total. The number of hydrogen-bond acceptors (Lipinski definition) is 9. The van der Waals surface area contributed by atoms with Gasteiger partial charge in [0.1, 0.15) is 33.1 Å². The number of aliphatic imine (C=N–C) groups is 1. The molecular weight excluding hydrogens is 669 g/mol. The number of ether oxygens (including phenoxy) is 2. The van der Waals surface area contributed by atoms with Crippen molar-refractivity contribution in [3.8, 4) is 11.5 Å². The average Bonchev–Trinajstić information content (AvgIpc) is 3.48. The monoisotopic (exact) mass is 705 g/mol. The summed E-state index contributed by atoms with van der Waals surface area (Å²) in [5.41, 5.74) is 0.0850. The van der Waals surface area contributed by atoms with Crippen LogP contribution < -0.4 is 20.1 Å². The van der Waals surface area contributed by atoms with Crippen molar-refractivity contribution in [2.24, 2.45) is 4.99 Å². The molecule has 2 aromatic carbocycles. The van der Waals surface area contributed by atoms with Gasteiger partial charge >= 0.3 is 0 Å². The molecule has 42 heavy (non-hydrogen) atoms. The summed E-state index contributed by atoms with van der Waals surface area (Å²) < 4.78 is 38.3. The van der Waals surface area contributed by atoms with E-state index in [1.54, 1.807) is 64.5 Å². The SMILES string of the molecule is COc1ccc(CNc2csc(C3(C)N=C(NC(=O)c4ccccc4)N(C)S(=O)(=O)C3C)n2)c(OC)c1.PPP(P)P. The number of carbonyl (C=O) groups is 1. The molecule has 1 aliphatic rings. The number of anilines is 1. The third kappa shape index (κ3) is 8.36. The normalized spacial score (nSPS) is 19.6. The maximum Gasteiger partial charge on any atom is 0.257 e. The summed E-state index contributed by atoms with van der Waals surface area (Å²) in [6.07, 6.45) is 0. The van der Waals surface area contributed by atoms with E-state index in [9.17, 15) is 13.2 Å². The van der Waals surface area contributed by atoms with E-state index in [4.69, 9.17) is 14.5 Å². The molecule has 0 spiro atoms. The van der Waals surface area contributed by atoms with Crippen LogP contribution in [0, 0.1) is 0 Å². The number of rotatable bonds is 8. The Hall–Kier alpha value is -1.49. The predicted octanol–water partition coefficient (Wildman–Crippen LogP) is 5.87. The minimum Gasteiger partial charge on any atom is -0.497 e. The van der Waals surface area contributed by atoms with Crippen molar-refractivity contribution in [1.82, 2.24) is 14.6 Å². The Bertz CT molecular complexity index is 1510. The molecule has 3 aromatic rings. The smallest absolute Gasteiger partial charge is 0.257 e.